The van der Waals surface area contributed by atoms with Crippen LogP contribution >= 0.6 is 0 Å². The van der Waals surface area contributed by atoms with Crippen molar-refractivity contribution in [2.75, 3.05) is 12.8 Å². The molecule has 0 aliphatic carbocycles. The maximum atomic E-state index is 11.3. The molecule has 0 unspecified atom stereocenters. The highest BCUT2D eigenvalue weighted by Gasteiger charge is 2.19. The van der Waals surface area contributed by atoms with Gasteiger partial charge in [0.25, 0.3) is 0 Å². The molecule has 2 N–H and O–H groups in total. The molecule has 0 aliphatic rings. The number of hydrogen-bond acceptors (Lipinski definition) is 3. The third-order valence-electron chi connectivity index (χ3n) is 1.81. The molecule has 0 amide bonds. The predicted molar refractivity (Wildman–Crippen MR) is 55.0 cm³/mol. The first-order valence-corrected chi connectivity index (χ1v) is 6.32. The summed E-state index contributed by atoms with van der Waals surface area (Å²) in [5.41, 5.74) is 5.56. The number of hydrogen-bond donors (Lipinski definition) is 1. The van der Waals surface area contributed by atoms with Crippen LogP contribution < -0.4 is 5.73 Å². The summed E-state index contributed by atoms with van der Waals surface area (Å²) in [6.45, 7) is 6.11. The van der Waals surface area contributed by atoms with E-state index in [9.17, 15) is 8.42 Å². The Labute approximate surface area is 81.2 Å². The van der Waals surface area contributed by atoms with Crippen molar-refractivity contribution < 1.29 is 8.42 Å². The van der Waals surface area contributed by atoms with Gasteiger partial charge >= 0.3 is 0 Å². The summed E-state index contributed by atoms with van der Waals surface area (Å²) in [4.78, 5) is 0. The fourth-order valence-corrected chi connectivity index (χ4v) is 2.34. The van der Waals surface area contributed by atoms with E-state index in [1.54, 1.807) is 0 Å². The monoisotopic (exact) mass is 208 g/mol. The standard InChI is InChI=1S/C8H20N2O2S/c1-7(2)10(13(4,11)12)6-5-8(3)9/h7-8H,5-6,9H2,1-4H3/t8-/m0/s1. The molecule has 0 heterocycles. The van der Waals surface area contributed by atoms with Gasteiger partial charge in [0.2, 0.25) is 10.0 Å². The second-order valence-electron chi connectivity index (χ2n) is 3.73. The van der Waals surface area contributed by atoms with Crippen LogP contribution in [0, 0.1) is 0 Å². The van der Waals surface area contributed by atoms with Crippen molar-refractivity contribution in [3.8, 4) is 0 Å². The van der Waals surface area contributed by atoms with Gasteiger partial charge in [-0.15, -0.1) is 0 Å². The first kappa shape index (κ1) is 12.9. The normalized spacial score (nSPS) is 15.3. The van der Waals surface area contributed by atoms with Crippen LogP contribution in [-0.2, 0) is 10.0 Å². The van der Waals surface area contributed by atoms with Crippen LogP contribution in [0.5, 0.6) is 0 Å². The summed E-state index contributed by atoms with van der Waals surface area (Å²) < 4.78 is 24.0. The Balaban J connectivity index is 4.30. The summed E-state index contributed by atoms with van der Waals surface area (Å²) in [5, 5.41) is 0. The van der Waals surface area contributed by atoms with Crippen molar-refractivity contribution in [3.05, 3.63) is 0 Å². The van der Waals surface area contributed by atoms with Gasteiger partial charge in [0.15, 0.2) is 0 Å². The Morgan fingerprint density at radius 1 is 1.31 bits per heavy atom. The van der Waals surface area contributed by atoms with Crippen molar-refractivity contribution in [1.29, 1.82) is 0 Å². The third kappa shape index (κ3) is 5.23. The molecule has 4 nitrogen and oxygen atoms in total. The topological polar surface area (TPSA) is 63.4 Å². The molecular weight excluding hydrogens is 188 g/mol. The first-order chi connectivity index (χ1) is 5.75. The van der Waals surface area contributed by atoms with Crippen LogP contribution in [0.4, 0.5) is 0 Å². The van der Waals surface area contributed by atoms with E-state index in [-0.39, 0.29) is 12.1 Å². The van der Waals surface area contributed by atoms with Crippen molar-refractivity contribution in [2.24, 2.45) is 5.73 Å². The Bertz CT molecular complexity index is 235. The van der Waals surface area contributed by atoms with E-state index in [1.807, 2.05) is 20.8 Å². The molecule has 0 aliphatic heterocycles. The minimum absolute atomic E-state index is 0.00810. The SMILES string of the molecule is CC(C)N(CC[C@H](C)N)S(C)(=O)=O. The molecule has 0 spiro atoms. The fraction of sp³-hybridized carbons (Fsp3) is 1.00. The van der Waals surface area contributed by atoms with E-state index < -0.39 is 10.0 Å². The van der Waals surface area contributed by atoms with Gasteiger partial charge in [-0.3, -0.25) is 0 Å². The molecule has 13 heavy (non-hydrogen) atoms. The molecule has 5 heteroatoms. The van der Waals surface area contributed by atoms with Crippen LogP contribution in [0.2, 0.25) is 0 Å². The second kappa shape index (κ2) is 4.93. The highest BCUT2D eigenvalue weighted by Crippen LogP contribution is 2.06. The van der Waals surface area contributed by atoms with Crippen LogP contribution in [-0.4, -0.2) is 37.6 Å². The van der Waals surface area contributed by atoms with Gasteiger partial charge in [-0.2, -0.15) is 4.31 Å². The fourth-order valence-electron chi connectivity index (χ4n) is 1.14. The van der Waals surface area contributed by atoms with Crippen LogP contribution in [0.1, 0.15) is 27.2 Å². The van der Waals surface area contributed by atoms with Gasteiger partial charge in [-0.1, -0.05) is 0 Å². The number of nitrogens with two attached hydrogens (primary N) is 1. The number of sulfonamides is 1. The zero-order chi connectivity index (χ0) is 10.6. The number of rotatable bonds is 5. The minimum Gasteiger partial charge on any atom is -0.328 e. The molecule has 0 radical (unpaired) electrons. The quantitative estimate of drug-likeness (QED) is 0.711. The summed E-state index contributed by atoms with van der Waals surface area (Å²) >= 11 is 0. The van der Waals surface area contributed by atoms with Gasteiger partial charge in [0.1, 0.15) is 0 Å². The van der Waals surface area contributed by atoms with Gasteiger partial charge in [-0.05, 0) is 27.2 Å². The molecule has 0 aromatic carbocycles. The molecular formula is C8H20N2O2S. The molecule has 80 valence electrons. The average molecular weight is 208 g/mol. The van der Waals surface area contributed by atoms with Crippen molar-refractivity contribution in [3.63, 3.8) is 0 Å². The Hall–Kier alpha value is -0.130. The summed E-state index contributed by atoms with van der Waals surface area (Å²) in [6.07, 6.45) is 1.93. The van der Waals surface area contributed by atoms with E-state index in [4.69, 9.17) is 5.73 Å². The van der Waals surface area contributed by atoms with Gasteiger partial charge in [0, 0.05) is 18.6 Å². The largest absolute Gasteiger partial charge is 0.328 e. The predicted octanol–water partition coefficient (Wildman–Crippen LogP) is 0.394. The zero-order valence-corrected chi connectivity index (χ0v) is 9.63. The highest BCUT2D eigenvalue weighted by molar-refractivity contribution is 7.88. The molecule has 0 saturated heterocycles. The lowest BCUT2D eigenvalue weighted by Crippen LogP contribution is -2.38. The molecule has 0 rings (SSSR count). The highest BCUT2D eigenvalue weighted by atomic mass is 32.2. The lowest BCUT2D eigenvalue weighted by atomic mass is 10.2. The summed E-state index contributed by atoms with van der Waals surface area (Å²) in [6, 6.07) is 0.0525. The molecule has 0 aromatic heterocycles. The Morgan fingerprint density at radius 3 is 2.00 bits per heavy atom. The van der Waals surface area contributed by atoms with E-state index >= 15 is 0 Å². The zero-order valence-electron chi connectivity index (χ0n) is 8.82. The smallest absolute Gasteiger partial charge is 0.211 e. The van der Waals surface area contributed by atoms with Crippen molar-refractivity contribution in [1.82, 2.24) is 4.31 Å². The first-order valence-electron chi connectivity index (χ1n) is 4.47. The van der Waals surface area contributed by atoms with Crippen LogP contribution in [0.15, 0.2) is 0 Å². The van der Waals surface area contributed by atoms with Gasteiger partial charge < -0.3 is 5.73 Å². The van der Waals surface area contributed by atoms with Crippen molar-refractivity contribution >= 4 is 10.0 Å². The molecule has 0 aromatic rings. The second-order valence-corrected chi connectivity index (χ2v) is 5.67. The maximum absolute atomic E-state index is 11.3. The Kier molecular flexibility index (Phi) is 4.88. The van der Waals surface area contributed by atoms with E-state index in [0.717, 1.165) is 0 Å². The third-order valence-corrected chi connectivity index (χ3v) is 3.26. The van der Waals surface area contributed by atoms with Crippen LogP contribution in [0.3, 0.4) is 0 Å². The number of nitrogens with zero attached hydrogens (tertiary/aromatic N) is 1. The lowest BCUT2D eigenvalue weighted by Gasteiger charge is -2.24. The molecule has 0 saturated carbocycles. The average Bonchev–Trinajstić information content (AvgIpc) is 1.81. The van der Waals surface area contributed by atoms with E-state index in [2.05, 4.69) is 0 Å². The summed E-state index contributed by atoms with van der Waals surface area (Å²) in [5.74, 6) is 0. The van der Waals surface area contributed by atoms with Crippen LogP contribution in [0.25, 0.3) is 0 Å². The lowest BCUT2D eigenvalue weighted by molar-refractivity contribution is 0.344. The minimum atomic E-state index is -3.08. The Morgan fingerprint density at radius 2 is 1.77 bits per heavy atom. The van der Waals surface area contributed by atoms with E-state index in [0.29, 0.717) is 13.0 Å². The van der Waals surface area contributed by atoms with Gasteiger partial charge in [-0.25, -0.2) is 8.42 Å². The summed E-state index contributed by atoms with van der Waals surface area (Å²) in [7, 11) is -3.08. The van der Waals surface area contributed by atoms with Crippen molar-refractivity contribution in [2.45, 2.75) is 39.3 Å². The van der Waals surface area contributed by atoms with Gasteiger partial charge in [0.05, 0.1) is 6.26 Å². The molecule has 0 fully saturated rings. The molecule has 0 bridgehead atoms. The maximum Gasteiger partial charge on any atom is 0.211 e. The molecule has 1 atom stereocenters. The van der Waals surface area contributed by atoms with E-state index in [1.165, 1.54) is 10.6 Å².